The molecule has 0 unspecified atom stereocenters. The third kappa shape index (κ3) is 5.52. The van der Waals surface area contributed by atoms with E-state index in [1.165, 1.54) is 17.4 Å². The van der Waals surface area contributed by atoms with E-state index < -0.39 is 0 Å². The molecule has 0 aliphatic rings. The zero-order valence-corrected chi connectivity index (χ0v) is 16.0. The minimum absolute atomic E-state index is 0.114. The second kappa shape index (κ2) is 9.48. The molecular formula is C20H18ClFN2O2S. The summed E-state index contributed by atoms with van der Waals surface area (Å²) in [6.07, 6.45) is 0.789. The van der Waals surface area contributed by atoms with Gasteiger partial charge in [-0.15, -0.1) is 11.3 Å². The molecule has 1 amide bonds. The molecule has 3 rings (SSSR count). The van der Waals surface area contributed by atoms with Crippen molar-refractivity contribution in [2.75, 3.05) is 13.2 Å². The summed E-state index contributed by atoms with van der Waals surface area (Å²) >= 11 is 7.64. The van der Waals surface area contributed by atoms with Gasteiger partial charge < -0.3 is 10.1 Å². The van der Waals surface area contributed by atoms with Gasteiger partial charge in [0.2, 0.25) is 5.91 Å². The van der Waals surface area contributed by atoms with E-state index in [2.05, 4.69) is 10.3 Å². The van der Waals surface area contributed by atoms with Gasteiger partial charge in [-0.3, -0.25) is 4.79 Å². The highest BCUT2D eigenvalue weighted by atomic mass is 35.5. The van der Waals surface area contributed by atoms with Crippen LogP contribution in [0.1, 0.15) is 12.1 Å². The van der Waals surface area contributed by atoms with Crippen LogP contribution in [0.3, 0.4) is 0 Å². The highest BCUT2D eigenvalue weighted by Gasteiger charge is 2.11. The minimum Gasteiger partial charge on any atom is -0.490 e. The fourth-order valence-corrected chi connectivity index (χ4v) is 3.56. The van der Waals surface area contributed by atoms with Crippen LogP contribution in [0.2, 0.25) is 5.02 Å². The van der Waals surface area contributed by atoms with Crippen LogP contribution < -0.4 is 10.1 Å². The molecule has 1 heterocycles. The minimum atomic E-state index is -0.389. The lowest BCUT2D eigenvalue weighted by Gasteiger charge is -2.07. The molecule has 0 atom stereocenters. The summed E-state index contributed by atoms with van der Waals surface area (Å²) in [6, 6.07) is 13.7. The first-order valence-electron chi connectivity index (χ1n) is 8.47. The average Bonchev–Trinajstić information content (AvgIpc) is 3.11. The molecule has 1 N–H and O–H groups in total. The summed E-state index contributed by atoms with van der Waals surface area (Å²) < 4.78 is 18.8. The molecule has 0 bridgehead atoms. The van der Waals surface area contributed by atoms with E-state index in [1.54, 1.807) is 18.2 Å². The van der Waals surface area contributed by atoms with Crippen molar-refractivity contribution < 1.29 is 13.9 Å². The van der Waals surface area contributed by atoms with Crippen LogP contribution in [0, 0.1) is 5.82 Å². The van der Waals surface area contributed by atoms with Crippen molar-refractivity contribution in [2.45, 2.75) is 12.8 Å². The number of thiazole rings is 1. The zero-order chi connectivity index (χ0) is 19.1. The number of para-hydroxylation sites is 1. The van der Waals surface area contributed by atoms with Crippen molar-refractivity contribution in [2.24, 2.45) is 0 Å². The predicted octanol–water partition coefficient (Wildman–Crippen LogP) is 4.73. The molecule has 0 aliphatic heterocycles. The van der Waals surface area contributed by atoms with E-state index >= 15 is 0 Å². The van der Waals surface area contributed by atoms with Crippen LogP contribution in [0.15, 0.2) is 53.9 Å². The number of nitrogens with zero attached hydrogens (tertiary/aromatic N) is 1. The number of nitrogens with one attached hydrogen (secondary N) is 1. The van der Waals surface area contributed by atoms with E-state index in [4.69, 9.17) is 16.3 Å². The van der Waals surface area contributed by atoms with Gasteiger partial charge in [-0.25, -0.2) is 9.37 Å². The van der Waals surface area contributed by atoms with Gasteiger partial charge in [0.15, 0.2) is 11.6 Å². The Kier molecular flexibility index (Phi) is 6.79. The third-order valence-electron chi connectivity index (χ3n) is 3.74. The Hall–Kier alpha value is -2.44. The summed E-state index contributed by atoms with van der Waals surface area (Å²) in [5.74, 6) is -0.283. The van der Waals surface area contributed by atoms with Crippen molar-refractivity contribution in [3.63, 3.8) is 0 Å². The highest BCUT2D eigenvalue weighted by molar-refractivity contribution is 7.13. The Balaban J connectivity index is 1.41. The van der Waals surface area contributed by atoms with Crippen molar-refractivity contribution >= 4 is 28.8 Å². The van der Waals surface area contributed by atoms with Gasteiger partial charge >= 0.3 is 0 Å². The maximum atomic E-state index is 13.4. The van der Waals surface area contributed by atoms with E-state index in [1.807, 2.05) is 29.6 Å². The number of hydrogen-bond donors (Lipinski definition) is 1. The molecule has 4 nitrogen and oxygen atoms in total. The Morgan fingerprint density at radius 2 is 1.96 bits per heavy atom. The van der Waals surface area contributed by atoms with Gasteiger partial charge in [-0.1, -0.05) is 41.9 Å². The molecule has 2 aromatic carbocycles. The first kappa shape index (κ1) is 19.3. The lowest BCUT2D eigenvalue weighted by molar-refractivity contribution is -0.120. The standard InChI is InChI=1S/C20H18ClFN2O2S/c21-16-7-2-1-6-15(16)20-24-14(13-27-20)12-19(25)23-10-5-11-26-18-9-4-3-8-17(18)22/h1-4,6-9,13H,5,10-12H2,(H,23,25). The van der Waals surface area contributed by atoms with E-state index in [9.17, 15) is 9.18 Å². The molecule has 1 aromatic heterocycles. The van der Waals surface area contributed by atoms with Crippen LogP contribution in [0.4, 0.5) is 4.39 Å². The van der Waals surface area contributed by atoms with Gasteiger partial charge in [0.05, 0.1) is 23.7 Å². The molecule has 0 fully saturated rings. The Bertz CT molecular complexity index is 916. The molecule has 140 valence electrons. The van der Waals surface area contributed by atoms with Crippen LogP contribution in [-0.4, -0.2) is 24.0 Å². The van der Waals surface area contributed by atoms with Gasteiger partial charge in [0, 0.05) is 17.5 Å². The molecule has 27 heavy (non-hydrogen) atoms. The summed E-state index contributed by atoms with van der Waals surface area (Å²) in [4.78, 5) is 16.5. The number of amides is 1. The van der Waals surface area contributed by atoms with Crippen LogP contribution in [-0.2, 0) is 11.2 Å². The van der Waals surface area contributed by atoms with E-state index in [0.717, 1.165) is 10.6 Å². The van der Waals surface area contributed by atoms with E-state index in [-0.39, 0.29) is 23.9 Å². The van der Waals surface area contributed by atoms with Gasteiger partial charge in [-0.2, -0.15) is 0 Å². The summed E-state index contributed by atoms with van der Waals surface area (Å²) in [5.41, 5.74) is 1.57. The number of benzene rings is 2. The topological polar surface area (TPSA) is 51.2 Å². The first-order valence-corrected chi connectivity index (χ1v) is 9.72. The van der Waals surface area contributed by atoms with Crippen LogP contribution in [0.5, 0.6) is 5.75 Å². The quantitative estimate of drug-likeness (QED) is 0.552. The molecule has 0 saturated heterocycles. The second-order valence-corrected chi connectivity index (χ2v) is 7.05. The summed E-state index contributed by atoms with van der Waals surface area (Å²) in [7, 11) is 0. The molecule has 7 heteroatoms. The maximum Gasteiger partial charge on any atom is 0.226 e. The predicted molar refractivity (Wildman–Crippen MR) is 106 cm³/mol. The zero-order valence-electron chi connectivity index (χ0n) is 14.5. The lowest BCUT2D eigenvalue weighted by atomic mass is 10.2. The number of ether oxygens (including phenoxy) is 1. The Morgan fingerprint density at radius 3 is 2.78 bits per heavy atom. The molecular weight excluding hydrogens is 387 g/mol. The number of hydrogen-bond acceptors (Lipinski definition) is 4. The normalized spacial score (nSPS) is 10.6. The van der Waals surface area contributed by atoms with Crippen LogP contribution in [0.25, 0.3) is 10.6 Å². The highest BCUT2D eigenvalue weighted by Crippen LogP contribution is 2.30. The van der Waals surface area contributed by atoms with Crippen molar-refractivity contribution in [1.29, 1.82) is 0 Å². The number of rotatable bonds is 8. The smallest absolute Gasteiger partial charge is 0.226 e. The largest absolute Gasteiger partial charge is 0.490 e. The average molecular weight is 405 g/mol. The molecule has 0 radical (unpaired) electrons. The monoisotopic (exact) mass is 404 g/mol. The van der Waals surface area contributed by atoms with Gasteiger partial charge in [-0.05, 0) is 24.6 Å². The lowest BCUT2D eigenvalue weighted by Crippen LogP contribution is -2.27. The van der Waals surface area contributed by atoms with E-state index in [0.29, 0.717) is 30.3 Å². The third-order valence-corrected chi connectivity index (χ3v) is 4.99. The Morgan fingerprint density at radius 1 is 1.19 bits per heavy atom. The molecule has 0 aliphatic carbocycles. The Labute approximate surface area is 166 Å². The number of carbonyl (C=O) groups excluding carboxylic acids is 1. The van der Waals surface area contributed by atoms with Crippen molar-refractivity contribution in [3.8, 4) is 16.3 Å². The summed E-state index contributed by atoms with van der Waals surface area (Å²) in [6.45, 7) is 0.781. The molecule has 0 spiro atoms. The number of aromatic nitrogens is 1. The van der Waals surface area contributed by atoms with Gasteiger partial charge in [0.1, 0.15) is 5.01 Å². The summed E-state index contributed by atoms with van der Waals surface area (Å²) in [5, 5.41) is 6.11. The molecule has 0 saturated carbocycles. The van der Waals surface area contributed by atoms with Crippen LogP contribution >= 0.6 is 22.9 Å². The van der Waals surface area contributed by atoms with Gasteiger partial charge in [0.25, 0.3) is 0 Å². The molecule has 3 aromatic rings. The first-order chi connectivity index (χ1) is 13.1. The van der Waals surface area contributed by atoms with Crippen molar-refractivity contribution in [1.82, 2.24) is 10.3 Å². The number of halogens is 2. The fourth-order valence-electron chi connectivity index (χ4n) is 2.42. The number of carbonyl (C=O) groups is 1. The fraction of sp³-hybridized carbons (Fsp3) is 0.200. The maximum absolute atomic E-state index is 13.4. The van der Waals surface area contributed by atoms with Crippen molar-refractivity contribution in [3.05, 3.63) is 70.4 Å². The second-order valence-electron chi connectivity index (χ2n) is 5.78. The SMILES string of the molecule is O=C(Cc1csc(-c2ccccc2Cl)n1)NCCCOc1ccccc1F.